The monoisotopic (exact) mass is 438 g/mol. The van der Waals surface area contributed by atoms with E-state index in [1.807, 2.05) is 13.8 Å². The average Bonchev–Trinajstić information content (AvgIpc) is 2.76. The van der Waals surface area contributed by atoms with Crippen LogP contribution in [0.15, 0.2) is 29.2 Å². The number of hydrogen-bond acceptors (Lipinski definition) is 5. The molecule has 1 aliphatic rings. The van der Waals surface area contributed by atoms with Crippen LogP contribution in [0, 0.1) is 0 Å². The molecule has 2 rings (SSSR count). The summed E-state index contributed by atoms with van der Waals surface area (Å²) in [5.74, 6) is 0.0469. The van der Waals surface area contributed by atoms with Gasteiger partial charge in [-0.3, -0.25) is 4.79 Å². The molecule has 1 saturated heterocycles. The highest BCUT2D eigenvalue weighted by Gasteiger charge is 2.21. The lowest BCUT2D eigenvalue weighted by Crippen LogP contribution is -2.46. The molecule has 8 heteroatoms. The Hall–Kier alpha value is -1.48. The zero-order valence-electron chi connectivity index (χ0n) is 18.8. The second kappa shape index (κ2) is 12.4. The predicted octanol–water partition coefficient (Wildman–Crippen LogP) is 1.79. The first-order valence-electron chi connectivity index (χ1n) is 11.2. The Morgan fingerprint density at radius 2 is 1.60 bits per heavy atom. The molecule has 0 radical (unpaired) electrons. The van der Waals surface area contributed by atoms with E-state index in [0.717, 1.165) is 51.3 Å². The van der Waals surface area contributed by atoms with Gasteiger partial charge in [-0.1, -0.05) is 32.9 Å². The number of rotatable bonds is 12. The van der Waals surface area contributed by atoms with E-state index < -0.39 is 10.0 Å². The third-order valence-electron chi connectivity index (χ3n) is 5.79. The van der Waals surface area contributed by atoms with E-state index in [1.165, 1.54) is 4.31 Å². The van der Waals surface area contributed by atoms with Crippen molar-refractivity contribution in [2.24, 2.45) is 0 Å². The maximum atomic E-state index is 12.5. The molecule has 0 saturated carbocycles. The van der Waals surface area contributed by atoms with Crippen molar-refractivity contribution in [1.82, 2.24) is 19.4 Å². The SMILES string of the molecule is CCN1CCN(CCCNC(=O)CCc2ccc(S(=O)(=O)N(CC)CC)cc2)CC1. The topological polar surface area (TPSA) is 73.0 Å². The number of aryl methyl sites for hydroxylation is 1. The van der Waals surface area contributed by atoms with Gasteiger partial charge in [0.25, 0.3) is 0 Å². The van der Waals surface area contributed by atoms with Crippen LogP contribution in [-0.4, -0.2) is 87.3 Å². The third-order valence-corrected chi connectivity index (χ3v) is 7.86. The number of likely N-dealkylation sites (N-methyl/N-ethyl adjacent to an activating group) is 1. The van der Waals surface area contributed by atoms with Gasteiger partial charge in [0, 0.05) is 52.2 Å². The summed E-state index contributed by atoms with van der Waals surface area (Å²) < 4.78 is 26.5. The van der Waals surface area contributed by atoms with E-state index >= 15 is 0 Å². The number of carbonyl (C=O) groups is 1. The lowest BCUT2D eigenvalue weighted by molar-refractivity contribution is -0.121. The molecule has 0 spiro atoms. The van der Waals surface area contributed by atoms with Crippen molar-refractivity contribution in [2.75, 3.05) is 58.9 Å². The number of benzene rings is 1. The maximum absolute atomic E-state index is 12.5. The Balaban J connectivity index is 1.67. The van der Waals surface area contributed by atoms with Gasteiger partial charge in [0.2, 0.25) is 15.9 Å². The first kappa shape index (κ1) is 24.8. The van der Waals surface area contributed by atoms with Crippen LogP contribution in [-0.2, 0) is 21.2 Å². The standard InChI is InChI=1S/C22H38N4O3S/c1-4-24-16-18-25(19-17-24)15-7-14-23-22(27)13-10-20-8-11-21(12-9-20)30(28,29)26(5-2)6-3/h8-9,11-12H,4-7,10,13-19H2,1-3H3,(H,23,27). The molecule has 0 atom stereocenters. The number of nitrogens with zero attached hydrogens (tertiary/aromatic N) is 3. The minimum absolute atomic E-state index is 0.0469. The Kier molecular flexibility index (Phi) is 10.2. The molecular weight excluding hydrogens is 400 g/mol. The summed E-state index contributed by atoms with van der Waals surface area (Å²) in [6.45, 7) is 14.1. The van der Waals surface area contributed by atoms with Crippen molar-refractivity contribution in [3.8, 4) is 0 Å². The quantitative estimate of drug-likeness (QED) is 0.504. The number of nitrogens with one attached hydrogen (secondary N) is 1. The second-order valence-corrected chi connectivity index (χ2v) is 9.65. The first-order chi connectivity index (χ1) is 14.4. The highest BCUT2D eigenvalue weighted by atomic mass is 32.2. The van der Waals surface area contributed by atoms with E-state index in [2.05, 4.69) is 22.0 Å². The molecule has 7 nitrogen and oxygen atoms in total. The van der Waals surface area contributed by atoms with E-state index in [9.17, 15) is 13.2 Å². The minimum atomic E-state index is -3.43. The molecular formula is C22H38N4O3S. The molecule has 1 aromatic carbocycles. The van der Waals surface area contributed by atoms with E-state index in [1.54, 1.807) is 24.3 Å². The van der Waals surface area contributed by atoms with Crippen molar-refractivity contribution in [1.29, 1.82) is 0 Å². The normalized spacial score (nSPS) is 16.1. The Bertz CT molecular complexity index is 740. The van der Waals surface area contributed by atoms with Crippen molar-refractivity contribution in [3.63, 3.8) is 0 Å². The highest BCUT2D eigenvalue weighted by molar-refractivity contribution is 7.89. The van der Waals surface area contributed by atoms with Gasteiger partial charge in [-0.15, -0.1) is 0 Å². The molecule has 30 heavy (non-hydrogen) atoms. The summed E-state index contributed by atoms with van der Waals surface area (Å²) in [6.07, 6.45) is 1.99. The van der Waals surface area contributed by atoms with Gasteiger partial charge in [-0.05, 0) is 43.6 Å². The summed E-state index contributed by atoms with van der Waals surface area (Å²) >= 11 is 0. The van der Waals surface area contributed by atoms with Crippen molar-refractivity contribution in [3.05, 3.63) is 29.8 Å². The average molecular weight is 439 g/mol. The lowest BCUT2D eigenvalue weighted by atomic mass is 10.1. The predicted molar refractivity (Wildman–Crippen MR) is 121 cm³/mol. The van der Waals surface area contributed by atoms with Gasteiger partial charge in [-0.2, -0.15) is 4.31 Å². The molecule has 0 aromatic heterocycles. The van der Waals surface area contributed by atoms with Gasteiger partial charge >= 0.3 is 0 Å². The third kappa shape index (κ3) is 7.34. The molecule has 1 aliphatic heterocycles. The fraction of sp³-hybridized carbons (Fsp3) is 0.682. The lowest BCUT2D eigenvalue weighted by Gasteiger charge is -2.33. The minimum Gasteiger partial charge on any atom is -0.356 e. The van der Waals surface area contributed by atoms with Crippen LogP contribution >= 0.6 is 0 Å². The Labute approximate surface area is 182 Å². The Morgan fingerprint density at radius 1 is 1.00 bits per heavy atom. The fourth-order valence-electron chi connectivity index (χ4n) is 3.75. The van der Waals surface area contributed by atoms with Gasteiger partial charge in [-0.25, -0.2) is 8.42 Å². The van der Waals surface area contributed by atoms with Crippen molar-refractivity contribution >= 4 is 15.9 Å². The highest BCUT2D eigenvalue weighted by Crippen LogP contribution is 2.16. The van der Waals surface area contributed by atoms with Crippen LogP contribution in [0.3, 0.4) is 0 Å². The van der Waals surface area contributed by atoms with Crippen molar-refractivity contribution < 1.29 is 13.2 Å². The zero-order valence-corrected chi connectivity index (χ0v) is 19.6. The molecule has 1 amide bonds. The molecule has 0 aliphatic carbocycles. The van der Waals surface area contributed by atoms with Gasteiger partial charge < -0.3 is 15.1 Å². The van der Waals surface area contributed by atoms with Crippen LogP contribution < -0.4 is 5.32 Å². The molecule has 0 bridgehead atoms. The molecule has 1 fully saturated rings. The van der Waals surface area contributed by atoms with E-state index in [0.29, 0.717) is 37.4 Å². The summed E-state index contributed by atoms with van der Waals surface area (Å²) in [7, 11) is -3.43. The number of sulfonamides is 1. The molecule has 1 heterocycles. The smallest absolute Gasteiger partial charge is 0.243 e. The number of piperazine rings is 1. The zero-order chi connectivity index (χ0) is 22.0. The molecule has 1 N–H and O–H groups in total. The largest absolute Gasteiger partial charge is 0.356 e. The molecule has 0 unspecified atom stereocenters. The summed E-state index contributed by atoms with van der Waals surface area (Å²) in [5, 5.41) is 3.00. The van der Waals surface area contributed by atoms with Crippen LogP contribution in [0.5, 0.6) is 0 Å². The summed E-state index contributed by atoms with van der Waals surface area (Å²) in [5.41, 5.74) is 0.970. The number of amides is 1. The van der Waals surface area contributed by atoms with E-state index in [-0.39, 0.29) is 5.91 Å². The van der Waals surface area contributed by atoms with Crippen LogP contribution in [0.1, 0.15) is 39.2 Å². The molecule has 170 valence electrons. The number of carbonyl (C=O) groups excluding carboxylic acids is 1. The summed E-state index contributed by atoms with van der Waals surface area (Å²) in [6, 6.07) is 6.89. The second-order valence-electron chi connectivity index (χ2n) is 7.71. The number of hydrogen-bond donors (Lipinski definition) is 1. The first-order valence-corrected chi connectivity index (χ1v) is 12.6. The van der Waals surface area contributed by atoms with Gasteiger partial charge in [0.15, 0.2) is 0 Å². The Morgan fingerprint density at radius 3 is 2.17 bits per heavy atom. The van der Waals surface area contributed by atoms with Crippen molar-refractivity contribution in [2.45, 2.75) is 44.9 Å². The van der Waals surface area contributed by atoms with Gasteiger partial charge in [0.1, 0.15) is 0 Å². The van der Waals surface area contributed by atoms with Gasteiger partial charge in [0.05, 0.1) is 4.90 Å². The van der Waals surface area contributed by atoms with E-state index in [4.69, 9.17) is 0 Å². The molecule has 1 aromatic rings. The maximum Gasteiger partial charge on any atom is 0.243 e. The summed E-state index contributed by atoms with van der Waals surface area (Å²) in [4.78, 5) is 17.3. The fourth-order valence-corrected chi connectivity index (χ4v) is 5.20. The van der Waals surface area contributed by atoms with Crippen LogP contribution in [0.25, 0.3) is 0 Å². The van der Waals surface area contributed by atoms with Crippen LogP contribution in [0.4, 0.5) is 0 Å². The van der Waals surface area contributed by atoms with Crippen LogP contribution in [0.2, 0.25) is 0 Å².